The van der Waals surface area contributed by atoms with Crippen LogP contribution in [0.5, 0.6) is 5.75 Å². The number of hydrogen-bond acceptors (Lipinski definition) is 4. The van der Waals surface area contributed by atoms with Gasteiger partial charge in [0.05, 0.1) is 13.0 Å². The van der Waals surface area contributed by atoms with Gasteiger partial charge in [-0.1, -0.05) is 12.1 Å². The van der Waals surface area contributed by atoms with E-state index in [9.17, 15) is 4.79 Å². The van der Waals surface area contributed by atoms with Gasteiger partial charge in [0.15, 0.2) is 0 Å². The van der Waals surface area contributed by atoms with Crippen molar-refractivity contribution < 1.29 is 14.6 Å². The lowest BCUT2D eigenvalue weighted by Gasteiger charge is -2.22. The monoisotopic (exact) mass is 252 g/mol. The average molecular weight is 252 g/mol. The Morgan fingerprint density at radius 1 is 1.44 bits per heavy atom. The van der Waals surface area contributed by atoms with E-state index in [0.29, 0.717) is 6.61 Å². The molecule has 18 heavy (non-hydrogen) atoms. The first-order valence-electron chi connectivity index (χ1n) is 5.95. The third kappa shape index (κ3) is 4.01. The minimum atomic E-state index is -0.895. The summed E-state index contributed by atoms with van der Waals surface area (Å²) < 4.78 is 5.35. The van der Waals surface area contributed by atoms with Crippen molar-refractivity contribution in [2.24, 2.45) is 5.73 Å². The van der Waals surface area contributed by atoms with Crippen molar-refractivity contribution in [3.8, 4) is 5.75 Å². The van der Waals surface area contributed by atoms with E-state index in [0.717, 1.165) is 11.3 Å². The van der Waals surface area contributed by atoms with Gasteiger partial charge in [-0.25, -0.2) is 0 Å². The second kappa shape index (κ2) is 6.98. The maximum atomic E-state index is 10.7. The second-order valence-electron chi connectivity index (χ2n) is 4.03. The summed E-state index contributed by atoms with van der Waals surface area (Å²) in [5.74, 6) is -0.100. The first-order valence-corrected chi connectivity index (χ1v) is 5.95. The van der Waals surface area contributed by atoms with Gasteiger partial charge >= 0.3 is 5.97 Å². The SMILES string of the molecule is CCOc1ccc(C(NC)C(N)CC(=O)O)cc1. The van der Waals surface area contributed by atoms with Gasteiger partial charge in [-0.15, -0.1) is 0 Å². The van der Waals surface area contributed by atoms with E-state index < -0.39 is 12.0 Å². The summed E-state index contributed by atoms with van der Waals surface area (Å²) >= 11 is 0. The van der Waals surface area contributed by atoms with Gasteiger partial charge in [0.2, 0.25) is 0 Å². The lowest BCUT2D eigenvalue weighted by atomic mass is 9.97. The molecular weight excluding hydrogens is 232 g/mol. The predicted molar refractivity (Wildman–Crippen MR) is 69.6 cm³/mol. The van der Waals surface area contributed by atoms with Crippen molar-refractivity contribution in [2.75, 3.05) is 13.7 Å². The number of hydrogen-bond donors (Lipinski definition) is 3. The van der Waals surface area contributed by atoms with E-state index in [1.165, 1.54) is 0 Å². The standard InChI is InChI=1S/C13H20N2O3/c1-3-18-10-6-4-9(5-7-10)13(15-2)11(14)8-12(16)17/h4-7,11,13,15H,3,8,14H2,1-2H3,(H,16,17). The zero-order valence-electron chi connectivity index (χ0n) is 10.7. The molecule has 100 valence electrons. The van der Waals surface area contributed by atoms with Crippen LogP contribution in [-0.2, 0) is 4.79 Å². The highest BCUT2D eigenvalue weighted by Gasteiger charge is 2.20. The van der Waals surface area contributed by atoms with Gasteiger partial charge in [0.25, 0.3) is 0 Å². The Morgan fingerprint density at radius 2 is 2.06 bits per heavy atom. The molecule has 1 aromatic rings. The predicted octanol–water partition coefficient (Wildman–Crippen LogP) is 1.15. The molecule has 5 heteroatoms. The maximum Gasteiger partial charge on any atom is 0.304 e. The molecule has 0 aliphatic rings. The zero-order chi connectivity index (χ0) is 13.5. The van der Waals surface area contributed by atoms with Crippen molar-refractivity contribution in [3.63, 3.8) is 0 Å². The smallest absolute Gasteiger partial charge is 0.304 e. The van der Waals surface area contributed by atoms with E-state index in [-0.39, 0.29) is 12.5 Å². The van der Waals surface area contributed by atoms with Crippen molar-refractivity contribution in [1.82, 2.24) is 5.32 Å². The molecule has 0 saturated carbocycles. The summed E-state index contributed by atoms with van der Waals surface area (Å²) in [6.45, 7) is 2.54. The number of carbonyl (C=O) groups is 1. The molecule has 0 spiro atoms. The second-order valence-corrected chi connectivity index (χ2v) is 4.03. The maximum absolute atomic E-state index is 10.7. The molecule has 0 amide bonds. The van der Waals surface area contributed by atoms with Crippen molar-refractivity contribution in [3.05, 3.63) is 29.8 Å². The third-order valence-corrected chi connectivity index (χ3v) is 2.70. The van der Waals surface area contributed by atoms with Gasteiger partial charge in [-0.3, -0.25) is 4.79 Å². The summed E-state index contributed by atoms with van der Waals surface area (Å²) in [6, 6.07) is 6.86. The zero-order valence-corrected chi connectivity index (χ0v) is 10.7. The molecule has 0 saturated heterocycles. The summed E-state index contributed by atoms with van der Waals surface area (Å²) in [5, 5.41) is 11.8. The molecule has 4 N–H and O–H groups in total. The highest BCUT2D eigenvalue weighted by atomic mass is 16.5. The largest absolute Gasteiger partial charge is 0.494 e. The fourth-order valence-electron chi connectivity index (χ4n) is 1.89. The number of likely N-dealkylation sites (N-methyl/N-ethyl adjacent to an activating group) is 1. The highest BCUT2D eigenvalue weighted by molar-refractivity contribution is 5.67. The molecule has 1 aromatic carbocycles. The van der Waals surface area contributed by atoms with Crippen LogP contribution in [0.3, 0.4) is 0 Å². The molecule has 5 nitrogen and oxygen atoms in total. The Hall–Kier alpha value is -1.59. The van der Waals surface area contributed by atoms with Gasteiger partial charge in [-0.2, -0.15) is 0 Å². The van der Waals surface area contributed by atoms with E-state index in [2.05, 4.69) is 5.32 Å². The number of nitrogens with one attached hydrogen (secondary N) is 1. The first-order chi connectivity index (χ1) is 8.58. The molecule has 1 rings (SSSR count). The number of carboxylic acids is 1. The lowest BCUT2D eigenvalue weighted by molar-refractivity contribution is -0.137. The average Bonchev–Trinajstić information content (AvgIpc) is 2.31. The molecule has 2 atom stereocenters. The lowest BCUT2D eigenvalue weighted by Crippen LogP contribution is -2.37. The van der Waals surface area contributed by atoms with E-state index in [4.69, 9.17) is 15.6 Å². The van der Waals surface area contributed by atoms with Gasteiger partial charge in [0.1, 0.15) is 5.75 Å². The fourth-order valence-corrected chi connectivity index (χ4v) is 1.89. The van der Waals surface area contributed by atoms with E-state index in [1.54, 1.807) is 7.05 Å². The number of nitrogens with two attached hydrogens (primary N) is 1. The van der Waals surface area contributed by atoms with E-state index in [1.807, 2.05) is 31.2 Å². The van der Waals surface area contributed by atoms with Crippen LogP contribution in [0, 0.1) is 0 Å². The number of benzene rings is 1. The Balaban J connectivity index is 2.78. The molecule has 2 unspecified atom stereocenters. The van der Waals surface area contributed by atoms with Crippen LogP contribution in [0.2, 0.25) is 0 Å². The van der Waals surface area contributed by atoms with Crippen LogP contribution in [0.1, 0.15) is 24.9 Å². The minimum absolute atomic E-state index is 0.0707. The van der Waals surface area contributed by atoms with Crippen LogP contribution < -0.4 is 15.8 Å². The molecule has 0 aliphatic carbocycles. The molecule has 0 radical (unpaired) electrons. The van der Waals surface area contributed by atoms with Crippen LogP contribution >= 0.6 is 0 Å². The minimum Gasteiger partial charge on any atom is -0.494 e. The molecular formula is C13H20N2O3. The normalized spacial score (nSPS) is 13.9. The number of ether oxygens (including phenoxy) is 1. The van der Waals surface area contributed by atoms with Crippen LogP contribution in [-0.4, -0.2) is 30.8 Å². The van der Waals surface area contributed by atoms with Crippen molar-refractivity contribution in [1.29, 1.82) is 0 Å². The Morgan fingerprint density at radius 3 is 2.50 bits per heavy atom. The quantitative estimate of drug-likeness (QED) is 0.678. The van der Waals surface area contributed by atoms with Crippen molar-refractivity contribution >= 4 is 5.97 Å². The van der Waals surface area contributed by atoms with Crippen molar-refractivity contribution in [2.45, 2.75) is 25.4 Å². The summed E-state index contributed by atoms with van der Waals surface area (Å²) in [7, 11) is 1.77. The molecule has 0 aromatic heterocycles. The summed E-state index contributed by atoms with van der Waals surface area (Å²) in [4.78, 5) is 10.7. The van der Waals surface area contributed by atoms with Crippen LogP contribution in [0.15, 0.2) is 24.3 Å². The van der Waals surface area contributed by atoms with Gasteiger partial charge in [0, 0.05) is 12.1 Å². The number of rotatable bonds is 7. The van der Waals surface area contributed by atoms with Crippen LogP contribution in [0.25, 0.3) is 0 Å². The number of carboxylic acid groups (broad SMARTS) is 1. The van der Waals surface area contributed by atoms with Gasteiger partial charge in [-0.05, 0) is 31.7 Å². The number of aliphatic carboxylic acids is 1. The summed E-state index contributed by atoms with van der Waals surface area (Å²) in [5.41, 5.74) is 6.84. The topological polar surface area (TPSA) is 84.6 Å². The Kier molecular flexibility index (Phi) is 5.61. The third-order valence-electron chi connectivity index (χ3n) is 2.70. The first kappa shape index (κ1) is 14.5. The highest BCUT2D eigenvalue weighted by Crippen LogP contribution is 2.20. The Labute approximate surface area is 107 Å². The molecule has 0 heterocycles. The summed E-state index contributed by atoms with van der Waals surface area (Å²) in [6.07, 6.45) is -0.0707. The van der Waals surface area contributed by atoms with E-state index >= 15 is 0 Å². The Bertz CT molecular complexity index is 378. The molecule has 0 fully saturated rings. The van der Waals surface area contributed by atoms with Gasteiger partial charge < -0.3 is 20.9 Å². The van der Waals surface area contributed by atoms with Crippen LogP contribution in [0.4, 0.5) is 0 Å². The molecule has 0 aliphatic heterocycles. The fraction of sp³-hybridized carbons (Fsp3) is 0.462. The molecule has 0 bridgehead atoms.